The molecule has 0 aliphatic carbocycles. The molecule has 0 aliphatic rings. The summed E-state index contributed by atoms with van der Waals surface area (Å²) in [5, 5.41) is 8.02. The van der Waals surface area contributed by atoms with E-state index in [-0.39, 0.29) is 6.04 Å². The summed E-state index contributed by atoms with van der Waals surface area (Å²) in [6, 6.07) is 10.7. The van der Waals surface area contributed by atoms with Crippen LogP contribution in [-0.4, -0.2) is 23.4 Å². The molecule has 0 aliphatic heterocycles. The van der Waals surface area contributed by atoms with Gasteiger partial charge in [-0.1, -0.05) is 19.1 Å². The van der Waals surface area contributed by atoms with Gasteiger partial charge in [-0.15, -0.1) is 0 Å². The van der Waals surface area contributed by atoms with Gasteiger partial charge in [-0.3, -0.25) is 4.68 Å². The second kappa shape index (κ2) is 7.84. The lowest BCUT2D eigenvalue weighted by Gasteiger charge is -2.20. The van der Waals surface area contributed by atoms with Gasteiger partial charge in [0, 0.05) is 12.7 Å². The van der Waals surface area contributed by atoms with Crippen molar-refractivity contribution < 1.29 is 4.74 Å². The van der Waals surface area contributed by atoms with Crippen LogP contribution in [0.4, 0.5) is 0 Å². The zero-order chi connectivity index (χ0) is 15.1. The third kappa shape index (κ3) is 4.08. The molecule has 1 aromatic carbocycles. The zero-order valence-electron chi connectivity index (χ0n) is 13.2. The average Bonchev–Trinajstić information content (AvgIpc) is 3.00. The molecule has 0 saturated heterocycles. The van der Waals surface area contributed by atoms with Crippen molar-refractivity contribution in [1.29, 1.82) is 0 Å². The Balaban J connectivity index is 2.19. The second-order valence-corrected chi connectivity index (χ2v) is 5.13. The van der Waals surface area contributed by atoms with Crippen molar-refractivity contribution in [3.8, 4) is 5.75 Å². The summed E-state index contributed by atoms with van der Waals surface area (Å²) in [5.74, 6) is 0.908. The van der Waals surface area contributed by atoms with Crippen LogP contribution in [0.3, 0.4) is 0 Å². The Kier molecular flexibility index (Phi) is 5.81. The van der Waals surface area contributed by atoms with E-state index in [1.165, 1.54) is 11.3 Å². The third-order valence-electron chi connectivity index (χ3n) is 3.62. The van der Waals surface area contributed by atoms with Crippen LogP contribution in [0.5, 0.6) is 5.75 Å². The molecular weight excluding hydrogens is 262 g/mol. The summed E-state index contributed by atoms with van der Waals surface area (Å²) < 4.78 is 7.38. The predicted octanol–water partition coefficient (Wildman–Crippen LogP) is 3.20. The summed E-state index contributed by atoms with van der Waals surface area (Å²) in [4.78, 5) is 0. The van der Waals surface area contributed by atoms with Crippen molar-refractivity contribution in [3.63, 3.8) is 0 Å². The van der Waals surface area contributed by atoms with Crippen LogP contribution < -0.4 is 10.1 Å². The van der Waals surface area contributed by atoms with Gasteiger partial charge < -0.3 is 10.1 Å². The van der Waals surface area contributed by atoms with Gasteiger partial charge in [0.05, 0.1) is 18.8 Å². The van der Waals surface area contributed by atoms with Crippen LogP contribution in [0.2, 0.25) is 0 Å². The first-order valence-corrected chi connectivity index (χ1v) is 7.66. The summed E-state index contributed by atoms with van der Waals surface area (Å²) in [6.45, 7) is 6.21. The number of aryl methyl sites for hydroxylation is 1. The van der Waals surface area contributed by atoms with Gasteiger partial charge in [-0.2, -0.15) is 5.10 Å². The van der Waals surface area contributed by atoms with E-state index in [0.717, 1.165) is 31.7 Å². The highest BCUT2D eigenvalue weighted by atomic mass is 16.5. The first-order valence-electron chi connectivity index (χ1n) is 7.66. The number of ether oxygens (including phenoxy) is 1. The number of nitrogens with zero attached hydrogens (tertiary/aromatic N) is 2. The lowest BCUT2D eigenvalue weighted by atomic mass is 10.0. The molecule has 0 radical (unpaired) electrons. The molecule has 1 N–H and O–H groups in total. The highest BCUT2D eigenvalue weighted by molar-refractivity contribution is 5.29. The SMILES string of the molecule is CCCNC(Cc1cccc(OC)c1)c1ccnn1CC. The van der Waals surface area contributed by atoms with Gasteiger partial charge in [0.2, 0.25) is 0 Å². The molecule has 1 unspecified atom stereocenters. The van der Waals surface area contributed by atoms with E-state index >= 15 is 0 Å². The van der Waals surface area contributed by atoms with E-state index in [1.807, 2.05) is 18.3 Å². The molecule has 0 saturated carbocycles. The number of benzene rings is 1. The number of hydrogen-bond donors (Lipinski definition) is 1. The summed E-state index contributed by atoms with van der Waals surface area (Å²) >= 11 is 0. The largest absolute Gasteiger partial charge is 0.497 e. The second-order valence-electron chi connectivity index (χ2n) is 5.13. The zero-order valence-corrected chi connectivity index (χ0v) is 13.2. The van der Waals surface area contributed by atoms with Gasteiger partial charge in [0.15, 0.2) is 0 Å². The fourth-order valence-electron chi connectivity index (χ4n) is 2.54. The van der Waals surface area contributed by atoms with Gasteiger partial charge in [0.1, 0.15) is 5.75 Å². The monoisotopic (exact) mass is 287 g/mol. The minimum absolute atomic E-state index is 0.277. The van der Waals surface area contributed by atoms with Gasteiger partial charge in [-0.25, -0.2) is 0 Å². The fourth-order valence-corrected chi connectivity index (χ4v) is 2.54. The maximum Gasteiger partial charge on any atom is 0.119 e. The number of aromatic nitrogens is 2. The van der Waals surface area contributed by atoms with Crippen LogP contribution in [0.25, 0.3) is 0 Å². The van der Waals surface area contributed by atoms with Crippen molar-refractivity contribution in [3.05, 3.63) is 47.8 Å². The Morgan fingerprint density at radius 1 is 1.29 bits per heavy atom. The Morgan fingerprint density at radius 2 is 2.14 bits per heavy atom. The molecule has 0 bridgehead atoms. The van der Waals surface area contributed by atoms with Gasteiger partial charge >= 0.3 is 0 Å². The van der Waals surface area contributed by atoms with Crippen LogP contribution in [0.15, 0.2) is 36.5 Å². The molecule has 0 amide bonds. The lowest BCUT2D eigenvalue weighted by molar-refractivity contribution is 0.413. The standard InChI is InChI=1S/C17H25N3O/c1-4-10-18-16(17-9-11-19-20(17)5-2)13-14-7-6-8-15(12-14)21-3/h6-9,11-12,16,18H,4-5,10,13H2,1-3H3. The van der Waals surface area contributed by atoms with E-state index < -0.39 is 0 Å². The Morgan fingerprint density at radius 3 is 2.86 bits per heavy atom. The predicted molar refractivity (Wildman–Crippen MR) is 85.6 cm³/mol. The van der Waals surface area contributed by atoms with Gasteiger partial charge in [0.25, 0.3) is 0 Å². The van der Waals surface area contributed by atoms with Crippen molar-refractivity contribution in [2.24, 2.45) is 0 Å². The molecular formula is C17H25N3O. The minimum Gasteiger partial charge on any atom is -0.497 e. The van der Waals surface area contributed by atoms with E-state index in [2.05, 4.69) is 47.1 Å². The van der Waals surface area contributed by atoms with Crippen molar-refractivity contribution in [2.75, 3.05) is 13.7 Å². The van der Waals surface area contributed by atoms with Crippen LogP contribution >= 0.6 is 0 Å². The van der Waals surface area contributed by atoms with E-state index in [4.69, 9.17) is 4.74 Å². The van der Waals surface area contributed by atoms with Crippen LogP contribution in [0.1, 0.15) is 37.6 Å². The molecule has 4 heteroatoms. The maximum atomic E-state index is 5.32. The number of rotatable bonds is 8. The quantitative estimate of drug-likeness (QED) is 0.810. The van der Waals surface area contributed by atoms with Crippen molar-refractivity contribution in [1.82, 2.24) is 15.1 Å². The Hall–Kier alpha value is -1.81. The normalized spacial score (nSPS) is 12.3. The minimum atomic E-state index is 0.277. The molecule has 2 aromatic rings. The van der Waals surface area contributed by atoms with Crippen LogP contribution in [0, 0.1) is 0 Å². The van der Waals surface area contributed by atoms with E-state index in [9.17, 15) is 0 Å². The highest BCUT2D eigenvalue weighted by Crippen LogP contribution is 2.21. The average molecular weight is 287 g/mol. The smallest absolute Gasteiger partial charge is 0.119 e. The van der Waals surface area contributed by atoms with Crippen molar-refractivity contribution in [2.45, 2.75) is 39.3 Å². The molecule has 1 aromatic heterocycles. The first-order chi connectivity index (χ1) is 10.3. The fraction of sp³-hybridized carbons (Fsp3) is 0.471. The first kappa shape index (κ1) is 15.6. The molecule has 114 valence electrons. The Labute approximate surface area is 127 Å². The topological polar surface area (TPSA) is 39.1 Å². The molecule has 1 heterocycles. The van der Waals surface area contributed by atoms with Crippen molar-refractivity contribution >= 4 is 0 Å². The maximum absolute atomic E-state index is 5.32. The third-order valence-corrected chi connectivity index (χ3v) is 3.62. The molecule has 1 atom stereocenters. The van der Waals surface area contributed by atoms with Gasteiger partial charge in [-0.05, 0) is 50.1 Å². The Bertz CT molecular complexity index is 550. The molecule has 0 spiro atoms. The van der Waals surface area contributed by atoms with Crippen LogP contribution in [-0.2, 0) is 13.0 Å². The molecule has 21 heavy (non-hydrogen) atoms. The summed E-state index contributed by atoms with van der Waals surface area (Å²) in [7, 11) is 1.71. The molecule has 0 fully saturated rings. The lowest BCUT2D eigenvalue weighted by Crippen LogP contribution is -2.26. The summed E-state index contributed by atoms with van der Waals surface area (Å²) in [5.41, 5.74) is 2.51. The van der Waals surface area contributed by atoms with E-state index in [1.54, 1.807) is 7.11 Å². The summed E-state index contributed by atoms with van der Waals surface area (Å²) in [6.07, 6.45) is 3.93. The number of nitrogens with one attached hydrogen (secondary N) is 1. The number of methoxy groups -OCH3 is 1. The highest BCUT2D eigenvalue weighted by Gasteiger charge is 2.16. The number of hydrogen-bond acceptors (Lipinski definition) is 3. The molecule has 4 nitrogen and oxygen atoms in total. The molecule has 2 rings (SSSR count). The van der Waals surface area contributed by atoms with E-state index in [0.29, 0.717) is 0 Å².